The van der Waals surface area contributed by atoms with E-state index in [1.54, 1.807) is 34.8 Å². The summed E-state index contributed by atoms with van der Waals surface area (Å²) in [5.74, 6) is -0.600. The van der Waals surface area contributed by atoms with Gasteiger partial charge in [0, 0.05) is 29.2 Å². The molecule has 8 rings (SSSR count). The van der Waals surface area contributed by atoms with Crippen molar-refractivity contribution in [2.45, 2.75) is 157 Å². The summed E-state index contributed by atoms with van der Waals surface area (Å²) in [6, 6.07) is 3.77. The SMILES string of the molecule is COc1ccc2nc(C3CCC3)c3c(c2c1)CCC1(CC2C(=O)NC4(C(=O)NS(=O)(=O)C5(C)CC5)CC4C=CCCCCCC(NC(=O)OC(C)(C)C)C(=O)N2C1)O3. The van der Waals surface area contributed by atoms with E-state index in [2.05, 4.69) is 15.4 Å². The average molecular weight is 820 g/mol. The first-order valence-electron chi connectivity index (χ1n) is 21.0. The van der Waals surface area contributed by atoms with E-state index in [1.165, 1.54) is 4.90 Å². The zero-order valence-electron chi connectivity index (χ0n) is 34.3. The lowest BCUT2D eigenvalue weighted by atomic mass is 9.79. The maximum Gasteiger partial charge on any atom is 0.408 e. The van der Waals surface area contributed by atoms with Crippen LogP contribution in [0.1, 0.15) is 128 Å². The normalized spacial score (nSPS) is 29.7. The largest absolute Gasteiger partial charge is 0.497 e. The molecule has 3 aliphatic carbocycles. The summed E-state index contributed by atoms with van der Waals surface area (Å²) in [7, 11) is -2.37. The van der Waals surface area contributed by atoms with Crippen molar-refractivity contribution >= 4 is 44.7 Å². The smallest absolute Gasteiger partial charge is 0.408 e. The number of fused-ring (bicyclic) bond motifs is 5. The number of carbonyl (C=O) groups is 4. The Morgan fingerprint density at radius 1 is 1.03 bits per heavy atom. The fourth-order valence-corrected chi connectivity index (χ4v) is 10.4. The van der Waals surface area contributed by atoms with Gasteiger partial charge in [-0.1, -0.05) is 31.4 Å². The zero-order chi connectivity index (χ0) is 41.3. The molecule has 5 unspecified atom stereocenters. The molecule has 1 saturated heterocycles. The van der Waals surface area contributed by atoms with Crippen molar-refractivity contribution in [1.29, 1.82) is 0 Å². The number of ether oxygens (including phenoxy) is 3. The van der Waals surface area contributed by atoms with Gasteiger partial charge in [-0.2, -0.15) is 0 Å². The van der Waals surface area contributed by atoms with Crippen LogP contribution in [-0.4, -0.2) is 89.3 Å². The topological polar surface area (TPSA) is 182 Å². The van der Waals surface area contributed by atoms with E-state index in [0.29, 0.717) is 56.4 Å². The molecule has 58 heavy (non-hydrogen) atoms. The van der Waals surface area contributed by atoms with Crippen molar-refractivity contribution in [3.8, 4) is 11.5 Å². The number of allylic oxidation sites excluding steroid dienone is 1. The van der Waals surface area contributed by atoms with Crippen molar-refractivity contribution in [3.05, 3.63) is 41.6 Å². The second-order valence-electron chi connectivity index (χ2n) is 18.7. The molecule has 3 aliphatic heterocycles. The first kappa shape index (κ1) is 40.4. The van der Waals surface area contributed by atoms with Crippen molar-refractivity contribution in [2.75, 3.05) is 13.7 Å². The van der Waals surface area contributed by atoms with Crippen LogP contribution in [0, 0.1) is 5.92 Å². The Morgan fingerprint density at radius 3 is 2.50 bits per heavy atom. The van der Waals surface area contributed by atoms with Crippen LogP contribution in [-0.2, 0) is 35.6 Å². The van der Waals surface area contributed by atoms with Gasteiger partial charge in [-0.05, 0) is 110 Å². The highest BCUT2D eigenvalue weighted by atomic mass is 32.2. The number of aromatic nitrogens is 1. The molecule has 3 saturated carbocycles. The highest BCUT2D eigenvalue weighted by molar-refractivity contribution is 7.91. The van der Waals surface area contributed by atoms with E-state index in [4.69, 9.17) is 19.2 Å². The quantitative estimate of drug-likeness (QED) is 0.317. The number of nitrogens with zero attached hydrogens (tertiary/aromatic N) is 2. The number of aryl methyl sites for hydroxylation is 1. The van der Waals surface area contributed by atoms with Crippen LogP contribution in [0.2, 0.25) is 0 Å². The fraction of sp³-hybridized carbons (Fsp3) is 0.651. The molecule has 15 heteroatoms. The summed E-state index contributed by atoms with van der Waals surface area (Å²) in [5.41, 5.74) is -0.527. The number of hydrogen-bond donors (Lipinski definition) is 3. The molecule has 5 atom stereocenters. The second kappa shape index (κ2) is 14.7. The third-order valence-corrected chi connectivity index (χ3v) is 15.4. The predicted octanol–water partition coefficient (Wildman–Crippen LogP) is 5.46. The van der Waals surface area contributed by atoms with Crippen LogP contribution in [0.3, 0.4) is 0 Å². The number of benzene rings is 1. The van der Waals surface area contributed by atoms with Gasteiger partial charge in [0.1, 0.15) is 40.3 Å². The van der Waals surface area contributed by atoms with Gasteiger partial charge in [-0.25, -0.2) is 18.2 Å². The molecule has 0 radical (unpaired) electrons. The van der Waals surface area contributed by atoms with E-state index in [-0.39, 0.29) is 25.3 Å². The Balaban J connectivity index is 1.16. The lowest BCUT2D eigenvalue weighted by Crippen LogP contribution is -2.58. The number of carbonyl (C=O) groups excluding carboxylic acids is 4. The summed E-state index contributed by atoms with van der Waals surface area (Å²) < 4.78 is 46.1. The molecule has 0 bridgehead atoms. The molecule has 6 aliphatic rings. The summed E-state index contributed by atoms with van der Waals surface area (Å²) >= 11 is 0. The Hall–Kier alpha value is -4.40. The van der Waals surface area contributed by atoms with Crippen LogP contribution < -0.4 is 24.8 Å². The molecule has 4 fully saturated rings. The molecule has 4 heterocycles. The Bertz CT molecular complexity index is 2160. The minimum atomic E-state index is -3.99. The molecule has 1 aromatic carbocycles. The van der Waals surface area contributed by atoms with E-state index in [0.717, 1.165) is 54.3 Å². The van der Waals surface area contributed by atoms with Gasteiger partial charge in [0.2, 0.25) is 21.8 Å². The zero-order valence-corrected chi connectivity index (χ0v) is 35.1. The van der Waals surface area contributed by atoms with Crippen LogP contribution in [0.25, 0.3) is 10.9 Å². The Morgan fingerprint density at radius 2 is 1.81 bits per heavy atom. The fourth-order valence-electron chi connectivity index (χ4n) is 9.07. The maximum absolute atomic E-state index is 14.9. The highest BCUT2D eigenvalue weighted by Crippen LogP contribution is 2.51. The first-order valence-corrected chi connectivity index (χ1v) is 22.5. The van der Waals surface area contributed by atoms with Crippen molar-refractivity contribution < 1.29 is 41.8 Å². The Kier molecular flexibility index (Phi) is 10.2. The molecule has 2 aromatic rings. The van der Waals surface area contributed by atoms with Crippen molar-refractivity contribution in [1.82, 2.24) is 25.2 Å². The van der Waals surface area contributed by atoms with Gasteiger partial charge < -0.3 is 29.7 Å². The van der Waals surface area contributed by atoms with Gasteiger partial charge in [0.15, 0.2) is 0 Å². The number of sulfonamides is 1. The van der Waals surface area contributed by atoms with Crippen LogP contribution in [0.5, 0.6) is 11.5 Å². The van der Waals surface area contributed by atoms with Crippen LogP contribution in [0.15, 0.2) is 30.4 Å². The van der Waals surface area contributed by atoms with Crippen molar-refractivity contribution in [2.24, 2.45) is 5.92 Å². The number of rotatable bonds is 6. The minimum absolute atomic E-state index is 0.0609. The van der Waals surface area contributed by atoms with Gasteiger partial charge in [-0.3, -0.25) is 19.1 Å². The first-order chi connectivity index (χ1) is 27.5. The van der Waals surface area contributed by atoms with Crippen LogP contribution >= 0.6 is 0 Å². The summed E-state index contributed by atoms with van der Waals surface area (Å²) in [5, 5.41) is 6.74. The third-order valence-electron chi connectivity index (χ3n) is 13.2. The molecule has 4 amide bonds. The summed E-state index contributed by atoms with van der Waals surface area (Å²) in [6.07, 6.45) is 11.8. The number of amides is 4. The number of pyridine rings is 1. The second-order valence-corrected chi connectivity index (χ2v) is 20.9. The Labute approximate surface area is 340 Å². The standard InChI is InChI=1S/C43H57N5O9S/c1-40(2,3)57-39(52)45-32-15-10-8-6-7-9-14-27-23-43(27,38(51)47-58(53,54)41(4)20-21-41)46-36(49)33-24-42(25-48(33)37(32)50)19-18-29-30-22-28(55-5)16-17-31(30)44-34(35(29)56-42)26-12-11-13-26/h9,14,16-17,22,26-27,32-33H,6-8,10-13,15,18-21,23-25H2,1-5H3,(H,45,52)(H,46,49)(H,47,51). The molecule has 3 N–H and O–H groups in total. The van der Waals surface area contributed by atoms with Gasteiger partial charge in [-0.15, -0.1) is 0 Å². The molecule has 1 aromatic heterocycles. The predicted molar refractivity (Wildman–Crippen MR) is 216 cm³/mol. The molecule has 314 valence electrons. The highest BCUT2D eigenvalue weighted by Gasteiger charge is 2.64. The van der Waals surface area contributed by atoms with Crippen molar-refractivity contribution in [3.63, 3.8) is 0 Å². The third kappa shape index (κ3) is 7.63. The number of nitrogens with one attached hydrogen (secondary N) is 3. The number of hydrogen-bond acceptors (Lipinski definition) is 10. The minimum Gasteiger partial charge on any atom is -0.497 e. The van der Waals surface area contributed by atoms with Gasteiger partial charge in [0.25, 0.3) is 5.91 Å². The van der Waals surface area contributed by atoms with Gasteiger partial charge in [0.05, 0.1) is 29.6 Å². The molecule has 14 nitrogen and oxygen atoms in total. The van der Waals surface area contributed by atoms with E-state index in [9.17, 15) is 27.6 Å². The van der Waals surface area contributed by atoms with E-state index < -0.39 is 73.3 Å². The average Bonchev–Trinajstić information content (AvgIpc) is 4.03. The molecular formula is C43H57N5O9S. The monoisotopic (exact) mass is 819 g/mol. The summed E-state index contributed by atoms with van der Waals surface area (Å²) in [4.78, 5) is 63.6. The molecular weight excluding hydrogens is 763 g/mol. The lowest BCUT2D eigenvalue weighted by molar-refractivity contribution is -0.141. The summed E-state index contributed by atoms with van der Waals surface area (Å²) in [6.45, 7) is 6.92. The van der Waals surface area contributed by atoms with Crippen LogP contribution in [0.4, 0.5) is 4.79 Å². The number of methoxy groups -OCH3 is 1. The van der Waals surface area contributed by atoms with E-state index >= 15 is 0 Å². The van der Waals surface area contributed by atoms with Gasteiger partial charge >= 0.3 is 6.09 Å². The van der Waals surface area contributed by atoms with E-state index in [1.807, 2.05) is 30.4 Å². The number of alkyl carbamates (subject to hydrolysis) is 1. The molecule has 1 spiro atoms. The lowest BCUT2D eigenvalue weighted by Gasteiger charge is -2.39. The maximum atomic E-state index is 14.9.